The highest BCUT2D eigenvalue weighted by molar-refractivity contribution is 5.90. The first-order valence-electron chi connectivity index (χ1n) is 7.46. The fourth-order valence-corrected chi connectivity index (χ4v) is 2.64. The van der Waals surface area contributed by atoms with Crippen molar-refractivity contribution in [1.29, 1.82) is 0 Å². The number of ether oxygens (including phenoxy) is 2. The molecule has 1 aromatic heterocycles. The van der Waals surface area contributed by atoms with Crippen LogP contribution in [0, 0.1) is 0 Å². The highest BCUT2D eigenvalue weighted by atomic mass is 16.5. The molecular weight excluding hydrogens is 296 g/mol. The summed E-state index contributed by atoms with van der Waals surface area (Å²) in [6, 6.07) is 5.69. The molecule has 7 nitrogen and oxygen atoms in total. The number of aromatic nitrogens is 2. The molecule has 0 spiro atoms. The third-order valence-electron chi connectivity index (χ3n) is 3.65. The minimum atomic E-state index is -0.304. The van der Waals surface area contributed by atoms with Crippen LogP contribution in [0.4, 0.5) is 10.5 Å². The Morgan fingerprint density at radius 2 is 2.35 bits per heavy atom. The van der Waals surface area contributed by atoms with Crippen molar-refractivity contribution in [3.8, 4) is 11.6 Å². The van der Waals surface area contributed by atoms with Gasteiger partial charge in [-0.25, -0.2) is 4.79 Å². The Kier molecular flexibility index (Phi) is 4.10. The van der Waals surface area contributed by atoms with E-state index in [4.69, 9.17) is 9.47 Å². The minimum absolute atomic E-state index is 0.217. The number of nitrogens with zero attached hydrogens (tertiary/aromatic N) is 2. The van der Waals surface area contributed by atoms with Crippen molar-refractivity contribution in [2.75, 3.05) is 12.4 Å². The summed E-state index contributed by atoms with van der Waals surface area (Å²) in [6.07, 6.45) is 2.81. The van der Waals surface area contributed by atoms with E-state index in [1.54, 1.807) is 17.9 Å². The molecule has 7 heteroatoms. The molecule has 1 unspecified atom stereocenters. The van der Waals surface area contributed by atoms with Gasteiger partial charge in [-0.05, 0) is 24.1 Å². The van der Waals surface area contributed by atoms with Gasteiger partial charge in [-0.1, -0.05) is 12.1 Å². The first-order valence-corrected chi connectivity index (χ1v) is 7.46. The predicted octanol–water partition coefficient (Wildman–Crippen LogP) is 2.07. The number of benzene rings is 1. The summed E-state index contributed by atoms with van der Waals surface area (Å²) in [5.74, 6) is 1.32. The highest BCUT2D eigenvalue weighted by Crippen LogP contribution is 2.29. The monoisotopic (exact) mass is 316 g/mol. The average molecular weight is 316 g/mol. The van der Waals surface area contributed by atoms with E-state index in [-0.39, 0.29) is 12.1 Å². The van der Waals surface area contributed by atoms with Gasteiger partial charge in [-0.3, -0.25) is 4.68 Å². The Morgan fingerprint density at radius 3 is 3.13 bits per heavy atom. The molecule has 1 atom stereocenters. The normalized spacial score (nSPS) is 15.7. The summed E-state index contributed by atoms with van der Waals surface area (Å²) in [5.41, 5.74) is 2.75. The van der Waals surface area contributed by atoms with E-state index in [2.05, 4.69) is 21.8 Å². The van der Waals surface area contributed by atoms with Gasteiger partial charge >= 0.3 is 6.03 Å². The summed E-state index contributed by atoms with van der Waals surface area (Å²) in [7, 11) is 3.28. The number of carbonyl (C=O) groups is 1. The van der Waals surface area contributed by atoms with E-state index in [9.17, 15) is 4.79 Å². The van der Waals surface area contributed by atoms with E-state index in [0.717, 1.165) is 17.7 Å². The number of methoxy groups -OCH3 is 1. The Balaban J connectivity index is 1.58. The molecule has 2 amide bonds. The average Bonchev–Trinajstić information content (AvgIpc) is 3.05. The number of hydrogen-bond acceptors (Lipinski definition) is 4. The van der Waals surface area contributed by atoms with Crippen LogP contribution in [-0.2, 0) is 20.0 Å². The Morgan fingerprint density at radius 1 is 1.52 bits per heavy atom. The molecule has 1 aromatic carbocycles. The number of rotatable bonds is 4. The van der Waals surface area contributed by atoms with E-state index in [1.165, 1.54) is 12.7 Å². The van der Waals surface area contributed by atoms with Gasteiger partial charge in [-0.2, -0.15) is 0 Å². The molecule has 0 fully saturated rings. The van der Waals surface area contributed by atoms with Crippen molar-refractivity contribution in [3.63, 3.8) is 0 Å². The molecule has 1 aliphatic rings. The molecule has 0 saturated heterocycles. The zero-order valence-corrected chi connectivity index (χ0v) is 13.4. The summed E-state index contributed by atoms with van der Waals surface area (Å²) >= 11 is 0. The van der Waals surface area contributed by atoms with Crippen LogP contribution < -0.4 is 20.1 Å². The summed E-state index contributed by atoms with van der Waals surface area (Å²) in [4.78, 5) is 12.0. The number of urea groups is 1. The minimum Gasteiger partial charge on any atom is -0.490 e. The molecule has 0 radical (unpaired) electrons. The highest BCUT2D eigenvalue weighted by Gasteiger charge is 2.19. The lowest BCUT2D eigenvalue weighted by molar-refractivity contribution is 0.251. The molecule has 2 aromatic rings. The maximum Gasteiger partial charge on any atom is 0.319 e. The van der Waals surface area contributed by atoms with Crippen LogP contribution >= 0.6 is 0 Å². The molecule has 2 N–H and O–H groups in total. The van der Waals surface area contributed by atoms with Crippen molar-refractivity contribution >= 4 is 11.7 Å². The molecule has 122 valence electrons. The van der Waals surface area contributed by atoms with Crippen molar-refractivity contribution < 1.29 is 14.3 Å². The number of carbonyl (C=O) groups excluding carboxylic acids is 1. The number of nitrogens with one attached hydrogen (secondary N) is 2. The van der Waals surface area contributed by atoms with Crippen LogP contribution in [0.5, 0.6) is 11.6 Å². The summed E-state index contributed by atoms with van der Waals surface area (Å²) in [6.45, 7) is 2.49. The van der Waals surface area contributed by atoms with Gasteiger partial charge in [0.2, 0.25) is 0 Å². The molecule has 2 heterocycles. The Bertz CT molecular complexity index is 726. The third-order valence-corrected chi connectivity index (χ3v) is 3.65. The predicted molar refractivity (Wildman–Crippen MR) is 85.9 cm³/mol. The van der Waals surface area contributed by atoms with Crippen molar-refractivity contribution in [1.82, 2.24) is 15.1 Å². The topological polar surface area (TPSA) is 77.4 Å². The van der Waals surface area contributed by atoms with Crippen LogP contribution in [0.3, 0.4) is 0 Å². The number of fused-ring (bicyclic) bond motifs is 1. The molecular formula is C16H20N4O3. The summed E-state index contributed by atoms with van der Waals surface area (Å²) in [5, 5.41) is 9.64. The zero-order valence-electron chi connectivity index (χ0n) is 13.4. The van der Waals surface area contributed by atoms with E-state index in [1.807, 2.05) is 19.1 Å². The molecule has 3 rings (SSSR count). The zero-order chi connectivity index (χ0) is 16.4. The second-order valence-corrected chi connectivity index (χ2v) is 5.61. The second kappa shape index (κ2) is 6.20. The van der Waals surface area contributed by atoms with E-state index >= 15 is 0 Å². The van der Waals surface area contributed by atoms with Gasteiger partial charge in [-0.15, -0.1) is 5.10 Å². The molecule has 0 aliphatic carbocycles. The number of anilines is 1. The SMILES string of the molecule is COc1nn(C)cc1NC(=O)NCc1ccc2c(c1)CC(C)O2. The molecule has 0 saturated carbocycles. The van der Waals surface area contributed by atoms with Crippen LogP contribution in [0.1, 0.15) is 18.1 Å². The van der Waals surface area contributed by atoms with Crippen LogP contribution in [-0.4, -0.2) is 29.0 Å². The maximum absolute atomic E-state index is 12.0. The first kappa shape index (κ1) is 15.2. The quantitative estimate of drug-likeness (QED) is 0.905. The van der Waals surface area contributed by atoms with Crippen LogP contribution in [0.25, 0.3) is 0 Å². The fraction of sp³-hybridized carbons (Fsp3) is 0.375. The lowest BCUT2D eigenvalue weighted by Gasteiger charge is -2.08. The van der Waals surface area contributed by atoms with Gasteiger partial charge in [0.15, 0.2) is 0 Å². The largest absolute Gasteiger partial charge is 0.490 e. The van der Waals surface area contributed by atoms with Gasteiger partial charge in [0, 0.05) is 20.0 Å². The van der Waals surface area contributed by atoms with Gasteiger partial charge < -0.3 is 20.1 Å². The fourth-order valence-electron chi connectivity index (χ4n) is 2.64. The van der Waals surface area contributed by atoms with Gasteiger partial charge in [0.25, 0.3) is 5.88 Å². The molecule has 0 bridgehead atoms. The smallest absolute Gasteiger partial charge is 0.319 e. The van der Waals surface area contributed by atoms with Gasteiger partial charge in [0.1, 0.15) is 17.5 Å². The number of hydrogen-bond donors (Lipinski definition) is 2. The van der Waals surface area contributed by atoms with Crippen LogP contribution in [0.15, 0.2) is 24.4 Å². The maximum atomic E-state index is 12.0. The molecule has 1 aliphatic heterocycles. The number of amides is 2. The molecule has 23 heavy (non-hydrogen) atoms. The van der Waals surface area contributed by atoms with Crippen molar-refractivity contribution in [3.05, 3.63) is 35.5 Å². The lowest BCUT2D eigenvalue weighted by atomic mass is 10.1. The summed E-state index contributed by atoms with van der Waals surface area (Å²) < 4.78 is 12.4. The number of aryl methyl sites for hydroxylation is 1. The van der Waals surface area contributed by atoms with E-state index in [0.29, 0.717) is 18.1 Å². The van der Waals surface area contributed by atoms with Crippen molar-refractivity contribution in [2.45, 2.75) is 26.0 Å². The lowest BCUT2D eigenvalue weighted by Crippen LogP contribution is -2.28. The Labute approximate surface area is 134 Å². The first-order chi connectivity index (χ1) is 11.0. The third kappa shape index (κ3) is 3.39. The van der Waals surface area contributed by atoms with E-state index < -0.39 is 0 Å². The standard InChI is InChI=1S/C16H20N4O3/c1-10-6-12-7-11(4-5-14(12)23-10)8-17-16(21)18-13-9-20(2)19-15(13)22-3/h4-5,7,9-10H,6,8H2,1-3H3,(H2,17,18,21). The second-order valence-electron chi connectivity index (χ2n) is 5.61. The Hall–Kier alpha value is -2.70. The van der Waals surface area contributed by atoms with Crippen molar-refractivity contribution in [2.24, 2.45) is 7.05 Å². The van der Waals surface area contributed by atoms with Crippen LogP contribution in [0.2, 0.25) is 0 Å². The van der Waals surface area contributed by atoms with Gasteiger partial charge in [0.05, 0.1) is 13.3 Å².